The summed E-state index contributed by atoms with van der Waals surface area (Å²) in [5, 5.41) is 3.96. The zero-order chi connectivity index (χ0) is 14.8. The minimum absolute atomic E-state index is 0.00569. The molecule has 2 aromatic rings. The normalized spacial score (nSPS) is 17.8. The van der Waals surface area contributed by atoms with Gasteiger partial charge in [0, 0.05) is 10.9 Å². The molecular weight excluding hydrogens is 290 g/mol. The molecule has 0 aliphatic heterocycles. The number of hydrogen-bond donors (Lipinski definition) is 1. The molecule has 3 rings (SSSR count). The third-order valence-electron chi connectivity index (χ3n) is 3.77. The Morgan fingerprint density at radius 2 is 2.10 bits per heavy atom. The third kappa shape index (κ3) is 2.85. The summed E-state index contributed by atoms with van der Waals surface area (Å²) in [4.78, 5) is 5.65. The van der Waals surface area contributed by atoms with E-state index in [1.54, 1.807) is 0 Å². The highest BCUT2D eigenvalue weighted by Gasteiger charge is 2.26. The average Bonchev–Trinajstić information content (AvgIpc) is 2.89. The lowest BCUT2D eigenvalue weighted by atomic mass is 9.98. The fraction of sp³-hybridized carbons (Fsp3) is 0.438. The maximum Gasteiger partial charge on any atom is 0.136 e. The lowest BCUT2D eigenvalue weighted by molar-refractivity contribution is 0.464. The monoisotopic (exact) mass is 308 g/mol. The van der Waals surface area contributed by atoms with Crippen molar-refractivity contribution in [3.8, 4) is 10.6 Å². The molecule has 1 aromatic carbocycles. The SMILES string of the molecule is CCCNC1CCCc2nc(-c3c(F)cccc3F)sc21. The van der Waals surface area contributed by atoms with Crippen LogP contribution >= 0.6 is 11.3 Å². The van der Waals surface area contributed by atoms with E-state index in [1.807, 2.05) is 0 Å². The van der Waals surface area contributed by atoms with Crippen LogP contribution < -0.4 is 5.32 Å². The van der Waals surface area contributed by atoms with Crippen LogP contribution in [0.4, 0.5) is 8.78 Å². The number of rotatable bonds is 4. The van der Waals surface area contributed by atoms with Crippen LogP contribution in [0.15, 0.2) is 18.2 Å². The van der Waals surface area contributed by atoms with Crippen molar-refractivity contribution in [2.75, 3.05) is 6.54 Å². The van der Waals surface area contributed by atoms with Crippen molar-refractivity contribution in [3.63, 3.8) is 0 Å². The summed E-state index contributed by atoms with van der Waals surface area (Å²) < 4.78 is 27.8. The molecular formula is C16H18F2N2S. The van der Waals surface area contributed by atoms with E-state index in [4.69, 9.17) is 0 Å². The molecule has 1 unspecified atom stereocenters. The summed E-state index contributed by atoms with van der Waals surface area (Å²) in [6, 6.07) is 4.22. The molecule has 1 N–H and O–H groups in total. The van der Waals surface area contributed by atoms with Crippen LogP contribution in [0.3, 0.4) is 0 Å². The number of thiazole rings is 1. The van der Waals surface area contributed by atoms with Gasteiger partial charge in [-0.3, -0.25) is 0 Å². The van der Waals surface area contributed by atoms with Crippen LogP contribution in [0.2, 0.25) is 0 Å². The van der Waals surface area contributed by atoms with Gasteiger partial charge in [0.15, 0.2) is 0 Å². The lowest BCUT2D eigenvalue weighted by Gasteiger charge is -2.22. The third-order valence-corrected chi connectivity index (χ3v) is 5.00. The first-order valence-electron chi connectivity index (χ1n) is 7.38. The van der Waals surface area contributed by atoms with E-state index in [0.717, 1.165) is 42.8 Å². The van der Waals surface area contributed by atoms with Gasteiger partial charge in [0.25, 0.3) is 0 Å². The van der Waals surface area contributed by atoms with E-state index >= 15 is 0 Å². The molecule has 0 radical (unpaired) electrons. The van der Waals surface area contributed by atoms with E-state index in [9.17, 15) is 8.78 Å². The molecule has 0 bridgehead atoms. The number of nitrogens with zero attached hydrogens (tertiary/aromatic N) is 1. The topological polar surface area (TPSA) is 24.9 Å². The van der Waals surface area contributed by atoms with Crippen LogP contribution in [-0.4, -0.2) is 11.5 Å². The predicted octanol–water partition coefficient (Wildman–Crippen LogP) is 4.47. The van der Waals surface area contributed by atoms with Gasteiger partial charge < -0.3 is 5.32 Å². The van der Waals surface area contributed by atoms with Crippen molar-refractivity contribution in [1.29, 1.82) is 0 Å². The van der Waals surface area contributed by atoms with Crippen LogP contribution in [-0.2, 0) is 6.42 Å². The lowest BCUT2D eigenvalue weighted by Crippen LogP contribution is -2.24. The molecule has 0 fully saturated rings. The van der Waals surface area contributed by atoms with Crippen LogP contribution in [0, 0.1) is 11.6 Å². The Balaban J connectivity index is 1.98. The number of hydrogen-bond acceptors (Lipinski definition) is 3. The Kier molecular flexibility index (Phi) is 4.31. The number of fused-ring (bicyclic) bond motifs is 1. The quantitative estimate of drug-likeness (QED) is 0.901. The standard InChI is InChI=1S/C16H18F2N2S/c1-2-9-19-12-7-4-8-13-15(12)21-16(20-13)14-10(17)5-3-6-11(14)18/h3,5-6,12,19H,2,4,7-9H2,1H3. The first-order valence-corrected chi connectivity index (χ1v) is 8.19. The second-order valence-corrected chi connectivity index (χ2v) is 6.36. The second-order valence-electron chi connectivity index (χ2n) is 5.33. The van der Waals surface area contributed by atoms with E-state index < -0.39 is 11.6 Å². The summed E-state index contributed by atoms with van der Waals surface area (Å²) in [5.41, 5.74) is 1.00. The van der Waals surface area contributed by atoms with Gasteiger partial charge in [-0.15, -0.1) is 11.3 Å². The summed E-state index contributed by atoms with van der Waals surface area (Å²) in [7, 11) is 0. The molecule has 0 spiro atoms. The van der Waals surface area contributed by atoms with Crippen LogP contribution in [0.25, 0.3) is 10.6 Å². The van der Waals surface area contributed by atoms with Crippen molar-refractivity contribution in [3.05, 3.63) is 40.4 Å². The molecule has 2 nitrogen and oxygen atoms in total. The molecule has 0 saturated carbocycles. The molecule has 1 atom stereocenters. The van der Waals surface area contributed by atoms with Gasteiger partial charge in [-0.25, -0.2) is 13.8 Å². The van der Waals surface area contributed by atoms with Crippen molar-refractivity contribution in [1.82, 2.24) is 10.3 Å². The van der Waals surface area contributed by atoms with Gasteiger partial charge in [-0.05, 0) is 44.4 Å². The zero-order valence-corrected chi connectivity index (χ0v) is 12.8. The van der Waals surface area contributed by atoms with E-state index in [0.29, 0.717) is 5.01 Å². The number of aromatic nitrogens is 1. The summed E-state index contributed by atoms with van der Waals surface area (Å²) >= 11 is 1.42. The molecule has 21 heavy (non-hydrogen) atoms. The molecule has 1 aliphatic rings. The molecule has 0 amide bonds. The van der Waals surface area contributed by atoms with E-state index in [2.05, 4.69) is 17.2 Å². The summed E-state index contributed by atoms with van der Waals surface area (Å²) in [6.07, 6.45) is 4.09. The fourth-order valence-electron chi connectivity index (χ4n) is 2.74. The molecule has 5 heteroatoms. The smallest absolute Gasteiger partial charge is 0.136 e. The fourth-order valence-corrected chi connectivity index (χ4v) is 4.01. The van der Waals surface area contributed by atoms with Gasteiger partial charge in [-0.1, -0.05) is 13.0 Å². The van der Waals surface area contributed by atoms with Gasteiger partial charge in [0.2, 0.25) is 0 Å². The van der Waals surface area contributed by atoms with Gasteiger partial charge in [-0.2, -0.15) is 0 Å². The van der Waals surface area contributed by atoms with Crippen molar-refractivity contribution >= 4 is 11.3 Å². The zero-order valence-electron chi connectivity index (χ0n) is 12.0. The molecule has 1 aliphatic carbocycles. The second kappa shape index (κ2) is 6.20. The highest BCUT2D eigenvalue weighted by molar-refractivity contribution is 7.15. The summed E-state index contributed by atoms with van der Waals surface area (Å²) in [5.74, 6) is -1.08. The Bertz CT molecular complexity index is 619. The van der Waals surface area contributed by atoms with Crippen molar-refractivity contribution in [2.24, 2.45) is 0 Å². The number of aryl methyl sites for hydroxylation is 1. The van der Waals surface area contributed by atoms with E-state index in [-0.39, 0.29) is 11.6 Å². The minimum atomic E-state index is -0.542. The largest absolute Gasteiger partial charge is 0.309 e. The molecule has 1 heterocycles. The van der Waals surface area contributed by atoms with Gasteiger partial charge in [0.1, 0.15) is 16.6 Å². The maximum atomic E-state index is 13.9. The summed E-state index contributed by atoms with van der Waals surface area (Å²) in [6.45, 7) is 3.08. The highest BCUT2D eigenvalue weighted by Crippen LogP contribution is 2.39. The Morgan fingerprint density at radius 1 is 1.33 bits per heavy atom. The maximum absolute atomic E-state index is 13.9. The first-order chi connectivity index (χ1) is 10.2. The predicted molar refractivity (Wildman–Crippen MR) is 81.4 cm³/mol. The Morgan fingerprint density at radius 3 is 2.81 bits per heavy atom. The van der Waals surface area contributed by atoms with Gasteiger partial charge >= 0.3 is 0 Å². The van der Waals surface area contributed by atoms with Crippen LogP contribution in [0.1, 0.15) is 42.8 Å². The first kappa shape index (κ1) is 14.6. The molecule has 112 valence electrons. The minimum Gasteiger partial charge on any atom is -0.309 e. The Hall–Kier alpha value is -1.33. The molecule has 1 aromatic heterocycles. The van der Waals surface area contributed by atoms with Gasteiger partial charge in [0.05, 0.1) is 11.3 Å². The molecule has 0 saturated heterocycles. The number of benzene rings is 1. The van der Waals surface area contributed by atoms with E-state index in [1.165, 1.54) is 29.5 Å². The highest BCUT2D eigenvalue weighted by atomic mass is 32.1. The van der Waals surface area contributed by atoms with Crippen molar-refractivity contribution < 1.29 is 8.78 Å². The van der Waals surface area contributed by atoms with Crippen molar-refractivity contribution in [2.45, 2.75) is 38.6 Å². The number of halogens is 2. The van der Waals surface area contributed by atoms with Crippen LogP contribution in [0.5, 0.6) is 0 Å². The Labute approximate surface area is 127 Å². The number of nitrogens with one attached hydrogen (secondary N) is 1. The average molecular weight is 308 g/mol.